The van der Waals surface area contributed by atoms with Crippen LogP contribution >= 0.6 is 11.6 Å². The second-order valence-electron chi connectivity index (χ2n) is 8.94. The number of hydrogen-bond acceptors (Lipinski definition) is 5. The van der Waals surface area contributed by atoms with Gasteiger partial charge in [-0.3, -0.25) is 9.59 Å². The standard InChI is InChI=1S/C26H28ClF3N2O5/c1-16(11-24(34)35)10-22(33)25-19-13-23(27)31-14-21(19)32(2)20(25)8-3-4-9-36-15-17-6-5-7-18(12-17)37-26(28,29)30/h5-7,12-14,16H,3-4,8-11,15H2,1-2H3,(H,34,35). The molecule has 1 N–H and O–H groups in total. The van der Waals surface area contributed by atoms with Gasteiger partial charge in [-0.05, 0) is 48.9 Å². The first-order valence-electron chi connectivity index (χ1n) is 11.7. The number of rotatable bonds is 13. The third-order valence-corrected chi connectivity index (χ3v) is 6.07. The van der Waals surface area contributed by atoms with Gasteiger partial charge in [0.05, 0.1) is 18.3 Å². The number of aliphatic carboxylic acids is 1. The number of carbonyl (C=O) groups is 2. The summed E-state index contributed by atoms with van der Waals surface area (Å²) in [6.45, 7) is 2.24. The summed E-state index contributed by atoms with van der Waals surface area (Å²) in [5.41, 5.74) is 2.65. The number of pyridine rings is 1. The Balaban J connectivity index is 1.62. The van der Waals surface area contributed by atoms with E-state index in [2.05, 4.69) is 9.72 Å². The number of aromatic nitrogens is 2. The predicted molar refractivity (Wildman–Crippen MR) is 132 cm³/mol. The molecule has 7 nitrogen and oxygen atoms in total. The highest BCUT2D eigenvalue weighted by atomic mass is 35.5. The molecule has 1 aromatic carbocycles. The summed E-state index contributed by atoms with van der Waals surface area (Å²) in [5, 5.41) is 9.99. The first-order chi connectivity index (χ1) is 17.4. The third kappa shape index (κ3) is 8.19. The first-order valence-corrected chi connectivity index (χ1v) is 12.1. The van der Waals surface area contributed by atoms with Crippen LogP contribution in [0.3, 0.4) is 0 Å². The molecule has 0 radical (unpaired) electrons. The highest BCUT2D eigenvalue weighted by Gasteiger charge is 2.31. The van der Waals surface area contributed by atoms with Crippen LogP contribution in [0.4, 0.5) is 13.2 Å². The van der Waals surface area contributed by atoms with Gasteiger partial charge in [-0.25, -0.2) is 4.98 Å². The van der Waals surface area contributed by atoms with E-state index in [1.54, 1.807) is 25.3 Å². The lowest BCUT2D eigenvalue weighted by molar-refractivity contribution is -0.274. The average molecular weight is 541 g/mol. The Bertz CT molecular complexity index is 1260. The molecule has 0 aliphatic rings. The number of nitrogens with zero attached hydrogens (tertiary/aromatic N) is 2. The molecule has 0 amide bonds. The monoisotopic (exact) mass is 540 g/mol. The lowest BCUT2D eigenvalue weighted by Gasteiger charge is -2.11. The Morgan fingerprint density at radius 1 is 1.19 bits per heavy atom. The van der Waals surface area contributed by atoms with Crippen molar-refractivity contribution in [1.82, 2.24) is 9.55 Å². The molecule has 0 saturated carbocycles. The SMILES string of the molecule is CC(CC(=O)O)CC(=O)c1c(CCCCOCc2cccc(OC(F)(F)F)c2)n(C)c2cnc(Cl)cc12. The van der Waals surface area contributed by atoms with Crippen molar-refractivity contribution in [2.45, 2.75) is 52.0 Å². The summed E-state index contributed by atoms with van der Waals surface area (Å²) in [4.78, 5) is 28.4. The summed E-state index contributed by atoms with van der Waals surface area (Å²) in [7, 11) is 1.84. The lowest BCUT2D eigenvalue weighted by atomic mass is 9.94. The maximum absolute atomic E-state index is 13.2. The molecule has 0 saturated heterocycles. The van der Waals surface area contributed by atoms with Crippen LogP contribution in [0.15, 0.2) is 36.5 Å². The van der Waals surface area contributed by atoms with Gasteiger partial charge in [0.15, 0.2) is 5.78 Å². The van der Waals surface area contributed by atoms with Crippen molar-refractivity contribution in [3.05, 3.63) is 58.5 Å². The zero-order valence-electron chi connectivity index (χ0n) is 20.5. The van der Waals surface area contributed by atoms with Crippen LogP contribution in [0.1, 0.15) is 54.2 Å². The number of halogens is 4. The smallest absolute Gasteiger partial charge is 0.481 e. The van der Waals surface area contributed by atoms with E-state index in [0.29, 0.717) is 42.4 Å². The molecule has 200 valence electrons. The second kappa shape index (κ2) is 12.4. The van der Waals surface area contributed by atoms with Crippen LogP contribution in [-0.2, 0) is 29.6 Å². The van der Waals surface area contributed by atoms with E-state index in [4.69, 9.17) is 21.4 Å². The van der Waals surface area contributed by atoms with Gasteiger partial charge in [0, 0.05) is 43.1 Å². The van der Waals surface area contributed by atoms with Gasteiger partial charge in [0.25, 0.3) is 0 Å². The number of carbonyl (C=O) groups excluding carboxylic acids is 1. The number of ketones is 1. The Hall–Kier alpha value is -3.11. The number of Topliss-reactive ketones (excluding diaryl/α,β-unsaturated/α-hetero) is 1. The van der Waals surface area contributed by atoms with Crippen LogP contribution in [0.5, 0.6) is 5.75 Å². The maximum atomic E-state index is 13.2. The van der Waals surface area contributed by atoms with Gasteiger partial charge in [0.1, 0.15) is 10.9 Å². The molecule has 2 aromatic heterocycles. The Labute approximate surface area is 217 Å². The largest absolute Gasteiger partial charge is 0.573 e. The van der Waals surface area contributed by atoms with E-state index in [0.717, 1.165) is 11.2 Å². The topological polar surface area (TPSA) is 90.6 Å². The number of ether oxygens (including phenoxy) is 2. The van der Waals surface area contributed by atoms with Gasteiger partial charge < -0.3 is 19.1 Å². The molecule has 1 unspecified atom stereocenters. The van der Waals surface area contributed by atoms with Gasteiger partial charge in [-0.15, -0.1) is 13.2 Å². The van der Waals surface area contributed by atoms with Crippen molar-refractivity contribution >= 4 is 34.3 Å². The van der Waals surface area contributed by atoms with E-state index >= 15 is 0 Å². The zero-order valence-corrected chi connectivity index (χ0v) is 21.2. The summed E-state index contributed by atoms with van der Waals surface area (Å²) < 4.78 is 48.7. The molecule has 2 heterocycles. The van der Waals surface area contributed by atoms with Crippen molar-refractivity contribution in [2.75, 3.05) is 6.61 Å². The quantitative estimate of drug-likeness (QED) is 0.154. The highest BCUT2D eigenvalue weighted by molar-refractivity contribution is 6.30. The molecule has 0 aliphatic carbocycles. The lowest BCUT2D eigenvalue weighted by Crippen LogP contribution is -2.17. The van der Waals surface area contributed by atoms with Crippen molar-refractivity contribution < 1.29 is 37.3 Å². The van der Waals surface area contributed by atoms with E-state index in [9.17, 15) is 22.8 Å². The highest BCUT2D eigenvalue weighted by Crippen LogP contribution is 2.30. The zero-order chi connectivity index (χ0) is 27.2. The van der Waals surface area contributed by atoms with E-state index in [-0.39, 0.29) is 42.1 Å². The van der Waals surface area contributed by atoms with Crippen LogP contribution in [0.2, 0.25) is 5.15 Å². The minimum Gasteiger partial charge on any atom is -0.481 e. The van der Waals surface area contributed by atoms with Gasteiger partial charge >= 0.3 is 12.3 Å². The van der Waals surface area contributed by atoms with Gasteiger partial charge in [-0.1, -0.05) is 30.7 Å². The number of carboxylic acid groups (broad SMARTS) is 1. The summed E-state index contributed by atoms with van der Waals surface area (Å²) in [5.74, 6) is -1.72. The Morgan fingerprint density at radius 2 is 1.95 bits per heavy atom. The molecule has 1 atom stereocenters. The van der Waals surface area contributed by atoms with Crippen LogP contribution in [0.25, 0.3) is 10.9 Å². The van der Waals surface area contributed by atoms with E-state index in [1.807, 2.05) is 11.6 Å². The molecular weight excluding hydrogens is 513 g/mol. The summed E-state index contributed by atoms with van der Waals surface area (Å²) >= 11 is 6.10. The minimum absolute atomic E-state index is 0.0958. The van der Waals surface area contributed by atoms with Crippen molar-refractivity contribution in [1.29, 1.82) is 0 Å². The normalized spacial score (nSPS) is 12.6. The molecule has 3 aromatic rings. The van der Waals surface area contributed by atoms with Crippen molar-refractivity contribution in [3.8, 4) is 5.75 Å². The maximum Gasteiger partial charge on any atom is 0.573 e. The molecule has 0 aliphatic heterocycles. The minimum atomic E-state index is -4.75. The summed E-state index contributed by atoms with van der Waals surface area (Å²) in [6, 6.07) is 7.28. The number of benzene rings is 1. The fourth-order valence-electron chi connectivity index (χ4n) is 4.27. The Kier molecular flexibility index (Phi) is 9.56. The van der Waals surface area contributed by atoms with Gasteiger partial charge in [-0.2, -0.15) is 0 Å². The first kappa shape index (κ1) is 28.5. The number of unbranched alkanes of at least 4 members (excludes halogenated alkanes) is 1. The molecule has 0 bridgehead atoms. The molecular formula is C26H28ClF3N2O5. The molecule has 0 spiro atoms. The number of carboxylic acids is 1. The number of hydrogen-bond donors (Lipinski definition) is 1. The van der Waals surface area contributed by atoms with Gasteiger partial charge in [0.2, 0.25) is 0 Å². The van der Waals surface area contributed by atoms with Crippen molar-refractivity contribution in [2.24, 2.45) is 13.0 Å². The van der Waals surface area contributed by atoms with Crippen molar-refractivity contribution in [3.63, 3.8) is 0 Å². The molecule has 11 heteroatoms. The average Bonchev–Trinajstić information content (AvgIpc) is 3.05. The third-order valence-electron chi connectivity index (χ3n) is 5.86. The number of fused-ring (bicyclic) bond motifs is 1. The van der Waals surface area contributed by atoms with E-state index in [1.165, 1.54) is 18.2 Å². The Morgan fingerprint density at radius 3 is 2.65 bits per heavy atom. The predicted octanol–water partition coefficient (Wildman–Crippen LogP) is 6.35. The van der Waals surface area contributed by atoms with Crippen LogP contribution < -0.4 is 4.74 Å². The van der Waals surface area contributed by atoms with E-state index < -0.39 is 12.3 Å². The number of aryl methyl sites for hydroxylation is 1. The molecule has 37 heavy (non-hydrogen) atoms. The second-order valence-corrected chi connectivity index (χ2v) is 9.33. The molecule has 0 fully saturated rings. The summed E-state index contributed by atoms with van der Waals surface area (Å²) in [6.07, 6.45) is -1.24. The van der Waals surface area contributed by atoms with Crippen LogP contribution in [0, 0.1) is 5.92 Å². The number of alkyl halides is 3. The van der Waals surface area contributed by atoms with Crippen LogP contribution in [-0.4, -0.2) is 39.4 Å². The molecule has 3 rings (SSSR count). The fourth-order valence-corrected chi connectivity index (χ4v) is 4.43. The fraction of sp³-hybridized carbons (Fsp3) is 0.423.